The van der Waals surface area contributed by atoms with Crippen molar-refractivity contribution in [1.82, 2.24) is 25.1 Å². The summed E-state index contributed by atoms with van der Waals surface area (Å²) in [6.07, 6.45) is 3.39. The molecule has 6 heteroatoms. The second-order valence-corrected chi connectivity index (χ2v) is 3.62. The van der Waals surface area contributed by atoms with Gasteiger partial charge in [-0.05, 0) is 13.1 Å². The van der Waals surface area contributed by atoms with E-state index in [0.29, 0.717) is 5.88 Å². The van der Waals surface area contributed by atoms with Crippen LogP contribution in [0.5, 0.6) is 5.88 Å². The van der Waals surface area contributed by atoms with Crippen LogP contribution >= 0.6 is 0 Å². The van der Waals surface area contributed by atoms with Crippen LogP contribution in [0, 0.1) is 0 Å². The molecule has 0 spiro atoms. The number of aryl methyl sites for hydroxylation is 1. The van der Waals surface area contributed by atoms with E-state index in [-0.39, 0.29) is 6.04 Å². The predicted molar refractivity (Wildman–Crippen MR) is 62.7 cm³/mol. The molecule has 0 radical (unpaired) electrons. The number of rotatable bonds is 4. The predicted octanol–water partition coefficient (Wildman–Crippen LogP) is 0.527. The van der Waals surface area contributed by atoms with Crippen molar-refractivity contribution in [3.05, 3.63) is 36.0 Å². The Morgan fingerprint density at radius 3 is 2.76 bits per heavy atom. The molecular formula is C11H15N5O. The zero-order chi connectivity index (χ0) is 12.3. The van der Waals surface area contributed by atoms with Gasteiger partial charge < -0.3 is 10.1 Å². The standard InChI is InChI=1S/C11H15N5O/c1-12-11(8-4-5-16(2)15-8)9-6-10(17-3)14-7-13-9/h4-7,11-12H,1-3H3. The maximum Gasteiger partial charge on any atom is 0.216 e. The lowest BCUT2D eigenvalue weighted by Crippen LogP contribution is -2.19. The Balaban J connectivity index is 2.34. The van der Waals surface area contributed by atoms with Gasteiger partial charge in [-0.1, -0.05) is 0 Å². The van der Waals surface area contributed by atoms with Crippen LogP contribution < -0.4 is 10.1 Å². The number of ether oxygens (including phenoxy) is 1. The zero-order valence-electron chi connectivity index (χ0n) is 10.1. The molecule has 0 aliphatic carbocycles. The quantitative estimate of drug-likeness (QED) is 0.834. The van der Waals surface area contributed by atoms with E-state index in [0.717, 1.165) is 11.4 Å². The Kier molecular flexibility index (Phi) is 3.34. The molecule has 0 amide bonds. The van der Waals surface area contributed by atoms with Crippen LogP contribution in [-0.2, 0) is 7.05 Å². The van der Waals surface area contributed by atoms with E-state index in [1.807, 2.05) is 26.4 Å². The Hall–Kier alpha value is -1.95. The molecule has 2 aromatic rings. The third-order valence-corrected chi connectivity index (χ3v) is 2.49. The van der Waals surface area contributed by atoms with Crippen LogP contribution in [0.25, 0.3) is 0 Å². The van der Waals surface area contributed by atoms with Crippen molar-refractivity contribution in [2.75, 3.05) is 14.2 Å². The van der Waals surface area contributed by atoms with Crippen LogP contribution in [0.2, 0.25) is 0 Å². The molecule has 90 valence electrons. The molecular weight excluding hydrogens is 218 g/mol. The SMILES string of the molecule is CNC(c1cc(OC)ncn1)c1ccn(C)n1. The van der Waals surface area contributed by atoms with Gasteiger partial charge in [0.2, 0.25) is 5.88 Å². The van der Waals surface area contributed by atoms with Crippen molar-refractivity contribution in [3.8, 4) is 5.88 Å². The minimum atomic E-state index is -0.0619. The first-order valence-corrected chi connectivity index (χ1v) is 5.27. The number of nitrogens with zero attached hydrogens (tertiary/aromatic N) is 4. The van der Waals surface area contributed by atoms with E-state index in [4.69, 9.17) is 4.74 Å². The van der Waals surface area contributed by atoms with Gasteiger partial charge >= 0.3 is 0 Å². The van der Waals surface area contributed by atoms with Crippen molar-refractivity contribution in [1.29, 1.82) is 0 Å². The first-order valence-electron chi connectivity index (χ1n) is 5.27. The van der Waals surface area contributed by atoms with E-state index < -0.39 is 0 Å². The fraction of sp³-hybridized carbons (Fsp3) is 0.364. The molecule has 1 atom stereocenters. The van der Waals surface area contributed by atoms with Crippen LogP contribution in [0.4, 0.5) is 0 Å². The molecule has 0 fully saturated rings. The highest BCUT2D eigenvalue weighted by atomic mass is 16.5. The van der Waals surface area contributed by atoms with Crippen molar-refractivity contribution in [2.45, 2.75) is 6.04 Å². The third kappa shape index (κ3) is 2.42. The van der Waals surface area contributed by atoms with Gasteiger partial charge in [-0.3, -0.25) is 4.68 Å². The molecule has 0 aliphatic heterocycles. The Morgan fingerprint density at radius 2 is 2.18 bits per heavy atom. The molecule has 1 unspecified atom stereocenters. The number of nitrogens with one attached hydrogen (secondary N) is 1. The molecule has 2 aromatic heterocycles. The van der Waals surface area contributed by atoms with Crippen molar-refractivity contribution >= 4 is 0 Å². The van der Waals surface area contributed by atoms with Gasteiger partial charge in [-0.25, -0.2) is 9.97 Å². The maximum atomic E-state index is 5.09. The van der Waals surface area contributed by atoms with Crippen molar-refractivity contribution < 1.29 is 4.74 Å². The average Bonchev–Trinajstić information content (AvgIpc) is 2.77. The number of methoxy groups -OCH3 is 1. The summed E-state index contributed by atoms with van der Waals surface area (Å²) in [6.45, 7) is 0. The van der Waals surface area contributed by atoms with Gasteiger partial charge in [0, 0.05) is 19.3 Å². The van der Waals surface area contributed by atoms with Gasteiger partial charge in [0.1, 0.15) is 6.33 Å². The van der Waals surface area contributed by atoms with Gasteiger partial charge in [0.15, 0.2) is 0 Å². The van der Waals surface area contributed by atoms with Gasteiger partial charge in [-0.15, -0.1) is 0 Å². The summed E-state index contributed by atoms with van der Waals surface area (Å²) in [5.41, 5.74) is 1.74. The number of aromatic nitrogens is 4. The Bertz CT molecular complexity index is 496. The lowest BCUT2D eigenvalue weighted by Gasteiger charge is -2.13. The minimum Gasteiger partial charge on any atom is -0.481 e. The van der Waals surface area contributed by atoms with Crippen LogP contribution in [0.15, 0.2) is 24.7 Å². The molecule has 0 aliphatic rings. The smallest absolute Gasteiger partial charge is 0.216 e. The lowest BCUT2D eigenvalue weighted by molar-refractivity contribution is 0.395. The van der Waals surface area contributed by atoms with Gasteiger partial charge in [0.05, 0.1) is 24.5 Å². The summed E-state index contributed by atoms with van der Waals surface area (Å²) in [4.78, 5) is 8.23. The van der Waals surface area contributed by atoms with Crippen LogP contribution in [-0.4, -0.2) is 33.9 Å². The number of hydrogen-bond donors (Lipinski definition) is 1. The lowest BCUT2D eigenvalue weighted by atomic mass is 10.1. The fourth-order valence-corrected chi connectivity index (χ4v) is 1.66. The molecule has 0 saturated heterocycles. The van der Waals surface area contributed by atoms with E-state index in [1.54, 1.807) is 17.9 Å². The molecule has 2 rings (SSSR count). The minimum absolute atomic E-state index is 0.0619. The topological polar surface area (TPSA) is 64.9 Å². The summed E-state index contributed by atoms with van der Waals surface area (Å²) in [7, 11) is 5.34. The molecule has 0 saturated carbocycles. The summed E-state index contributed by atoms with van der Waals surface area (Å²) < 4.78 is 6.85. The average molecular weight is 233 g/mol. The fourth-order valence-electron chi connectivity index (χ4n) is 1.66. The Labute approximate surface area is 99.7 Å². The summed E-state index contributed by atoms with van der Waals surface area (Å²) in [5, 5.41) is 7.54. The molecule has 17 heavy (non-hydrogen) atoms. The van der Waals surface area contributed by atoms with E-state index in [2.05, 4.69) is 20.4 Å². The molecule has 1 N–H and O–H groups in total. The molecule has 6 nitrogen and oxygen atoms in total. The number of hydrogen-bond acceptors (Lipinski definition) is 5. The maximum absolute atomic E-state index is 5.09. The third-order valence-electron chi connectivity index (χ3n) is 2.49. The Morgan fingerprint density at radius 1 is 1.35 bits per heavy atom. The van der Waals surface area contributed by atoms with Crippen LogP contribution in [0.1, 0.15) is 17.4 Å². The monoisotopic (exact) mass is 233 g/mol. The normalized spacial score (nSPS) is 12.4. The van der Waals surface area contributed by atoms with Gasteiger partial charge in [0.25, 0.3) is 0 Å². The molecule has 0 aromatic carbocycles. The van der Waals surface area contributed by atoms with Crippen LogP contribution in [0.3, 0.4) is 0 Å². The van der Waals surface area contributed by atoms with Crippen molar-refractivity contribution in [2.24, 2.45) is 7.05 Å². The molecule has 0 bridgehead atoms. The highest BCUT2D eigenvalue weighted by molar-refractivity contribution is 5.24. The summed E-state index contributed by atoms with van der Waals surface area (Å²) in [6, 6.07) is 3.69. The first-order chi connectivity index (χ1) is 8.24. The van der Waals surface area contributed by atoms with E-state index >= 15 is 0 Å². The second kappa shape index (κ2) is 4.92. The highest BCUT2D eigenvalue weighted by Crippen LogP contribution is 2.19. The zero-order valence-corrected chi connectivity index (χ0v) is 10.1. The van der Waals surface area contributed by atoms with Gasteiger partial charge in [-0.2, -0.15) is 5.10 Å². The van der Waals surface area contributed by atoms with E-state index in [1.165, 1.54) is 6.33 Å². The summed E-state index contributed by atoms with van der Waals surface area (Å²) in [5.74, 6) is 0.547. The van der Waals surface area contributed by atoms with E-state index in [9.17, 15) is 0 Å². The largest absolute Gasteiger partial charge is 0.481 e. The van der Waals surface area contributed by atoms with Crippen molar-refractivity contribution in [3.63, 3.8) is 0 Å². The molecule has 2 heterocycles. The highest BCUT2D eigenvalue weighted by Gasteiger charge is 2.16. The summed E-state index contributed by atoms with van der Waals surface area (Å²) >= 11 is 0. The second-order valence-electron chi connectivity index (χ2n) is 3.62. The first kappa shape index (κ1) is 11.5.